The monoisotopic (exact) mass is 715 g/mol. The van der Waals surface area contributed by atoms with Crippen molar-refractivity contribution in [2.75, 3.05) is 4.90 Å². The molecule has 264 valence electrons. The summed E-state index contributed by atoms with van der Waals surface area (Å²) in [6, 6.07) is 80.1. The van der Waals surface area contributed by atoms with Crippen molar-refractivity contribution in [2.24, 2.45) is 0 Å². The van der Waals surface area contributed by atoms with E-state index in [4.69, 9.17) is 4.42 Å². The first-order valence-corrected chi connectivity index (χ1v) is 19.1. The minimum atomic E-state index is 0.882. The molecule has 2 nitrogen and oxygen atoms in total. The molecular formula is C54H37NO. The van der Waals surface area contributed by atoms with Crippen LogP contribution in [0, 0.1) is 0 Å². The Balaban J connectivity index is 0.942. The number of hydrogen-bond donors (Lipinski definition) is 0. The van der Waals surface area contributed by atoms with Gasteiger partial charge in [0.15, 0.2) is 0 Å². The van der Waals surface area contributed by atoms with E-state index in [-0.39, 0.29) is 0 Å². The van der Waals surface area contributed by atoms with Gasteiger partial charge in [-0.05, 0) is 98.4 Å². The molecular weight excluding hydrogens is 679 g/mol. The summed E-state index contributed by atoms with van der Waals surface area (Å²) in [4.78, 5) is 2.37. The predicted molar refractivity (Wildman–Crippen MR) is 236 cm³/mol. The van der Waals surface area contributed by atoms with Gasteiger partial charge >= 0.3 is 0 Å². The van der Waals surface area contributed by atoms with Crippen LogP contribution in [0.1, 0.15) is 0 Å². The zero-order valence-electron chi connectivity index (χ0n) is 30.7. The summed E-state index contributed by atoms with van der Waals surface area (Å²) in [5.74, 6) is 0.882. The first-order chi connectivity index (χ1) is 27.7. The molecule has 1 aromatic heterocycles. The Hall–Kier alpha value is -7.42. The van der Waals surface area contributed by atoms with Crippen LogP contribution in [0.3, 0.4) is 0 Å². The minimum Gasteiger partial charge on any atom is -0.456 e. The zero-order valence-corrected chi connectivity index (χ0v) is 30.7. The molecule has 0 unspecified atom stereocenters. The molecule has 0 aliphatic carbocycles. The molecule has 0 spiro atoms. The van der Waals surface area contributed by atoms with Crippen LogP contribution in [0.5, 0.6) is 0 Å². The van der Waals surface area contributed by atoms with Gasteiger partial charge in [-0.15, -0.1) is 0 Å². The number of hydrogen-bond acceptors (Lipinski definition) is 2. The summed E-state index contributed by atoms with van der Waals surface area (Å²) in [5, 5.41) is 3.53. The maximum absolute atomic E-state index is 6.16. The van der Waals surface area contributed by atoms with Crippen molar-refractivity contribution in [2.45, 2.75) is 0 Å². The molecule has 0 atom stereocenters. The van der Waals surface area contributed by atoms with Crippen molar-refractivity contribution in [1.82, 2.24) is 0 Å². The molecule has 2 heteroatoms. The highest BCUT2D eigenvalue weighted by Gasteiger charge is 2.16. The van der Waals surface area contributed by atoms with Gasteiger partial charge in [-0.3, -0.25) is 0 Å². The fraction of sp³-hybridized carbons (Fsp3) is 0. The Bertz CT molecular complexity index is 2890. The van der Waals surface area contributed by atoms with Crippen molar-refractivity contribution >= 4 is 38.8 Å². The third-order valence-electron chi connectivity index (χ3n) is 10.7. The van der Waals surface area contributed by atoms with Crippen molar-refractivity contribution in [1.29, 1.82) is 0 Å². The van der Waals surface area contributed by atoms with Gasteiger partial charge < -0.3 is 9.32 Å². The smallest absolute Gasteiger partial charge is 0.135 e. The maximum atomic E-state index is 6.16. The molecule has 0 aliphatic rings. The van der Waals surface area contributed by atoms with Crippen LogP contribution in [-0.2, 0) is 0 Å². The fourth-order valence-electron chi connectivity index (χ4n) is 7.75. The van der Waals surface area contributed by atoms with Crippen molar-refractivity contribution in [3.05, 3.63) is 224 Å². The topological polar surface area (TPSA) is 16.4 Å². The van der Waals surface area contributed by atoms with Crippen LogP contribution in [-0.4, -0.2) is 0 Å². The van der Waals surface area contributed by atoms with E-state index in [9.17, 15) is 0 Å². The first kappa shape index (κ1) is 33.2. The second kappa shape index (κ2) is 14.4. The summed E-state index contributed by atoms with van der Waals surface area (Å²) in [5.41, 5.74) is 14.8. The molecule has 9 aromatic carbocycles. The van der Waals surface area contributed by atoms with Gasteiger partial charge in [-0.25, -0.2) is 0 Å². The van der Waals surface area contributed by atoms with Crippen LogP contribution in [0.15, 0.2) is 229 Å². The summed E-state index contributed by atoms with van der Waals surface area (Å²) in [7, 11) is 0. The molecule has 10 rings (SSSR count). The van der Waals surface area contributed by atoms with E-state index in [2.05, 4.69) is 211 Å². The standard InChI is InChI=1S/C54H37NO/c1-2-10-38(11-3-1)39-20-22-40(23-21-39)42-28-32-49(33-29-42)55(52-18-9-14-45-12-4-6-17-51(45)52)50-34-30-43(31-35-50)41-24-26-44(27-25-41)46-15-8-16-47(36-46)54-37-48-13-5-7-19-53(48)56-54/h1-37H. The Morgan fingerprint density at radius 1 is 0.286 bits per heavy atom. The number of nitrogens with zero attached hydrogens (tertiary/aromatic N) is 1. The van der Waals surface area contributed by atoms with Crippen molar-refractivity contribution < 1.29 is 4.42 Å². The summed E-state index contributed by atoms with van der Waals surface area (Å²) in [6.45, 7) is 0. The third kappa shape index (κ3) is 6.44. The van der Waals surface area contributed by atoms with Gasteiger partial charge in [0.05, 0.1) is 5.69 Å². The van der Waals surface area contributed by atoms with Crippen molar-refractivity contribution in [3.8, 4) is 55.8 Å². The number of para-hydroxylation sites is 1. The molecule has 0 radical (unpaired) electrons. The van der Waals surface area contributed by atoms with E-state index in [1.54, 1.807) is 0 Å². The van der Waals surface area contributed by atoms with E-state index in [0.29, 0.717) is 0 Å². The Morgan fingerprint density at radius 2 is 0.714 bits per heavy atom. The normalized spacial score (nSPS) is 11.2. The van der Waals surface area contributed by atoms with E-state index < -0.39 is 0 Å². The Kier molecular flexibility index (Phi) is 8.55. The molecule has 0 fully saturated rings. The quantitative estimate of drug-likeness (QED) is 0.156. The summed E-state index contributed by atoms with van der Waals surface area (Å²) >= 11 is 0. The van der Waals surface area contributed by atoms with Gasteiger partial charge in [0, 0.05) is 27.7 Å². The summed E-state index contributed by atoms with van der Waals surface area (Å²) in [6.07, 6.45) is 0. The van der Waals surface area contributed by atoms with Crippen molar-refractivity contribution in [3.63, 3.8) is 0 Å². The minimum absolute atomic E-state index is 0.882. The largest absolute Gasteiger partial charge is 0.456 e. The molecule has 0 aliphatic heterocycles. The molecule has 0 saturated carbocycles. The van der Waals surface area contributed by atoms with Gasteiger partial charge in [0.25, 0.3) is 0 Å². The summed E-state index contributed by atoms with van der Waals surface area (Å²) < 4.78 is 6.16. The highest BCUT2D eigenvalue weighted by atomic mass is 16.3. The van der Waals surface area contributed by atoms with Crippen LogP contribution >= 0.6 is 0 Å². The second-order valence-electron chi connectivity index (χ2n) is 14.2. The number of anilines is 3. The second-order valence-corrected chi connectivity index (χ2v) is 14.2. The number of fused-ring (bicyclic) bond motifs is 2. The van der Waals surface area contributed by atoms with E-state index in [0.717, 1.165) is 44.9 Å². The average molecular weight is 716 g/mol. The maximum Gasteiger partial charge on any atom is 0.135 e. The zero-order chi connectivity index (χ0) is 37.3. The lowest BCUT2D eigenvalue weighted by atomic mass is 9.98. The van der Waals surface area contributed by atoms with Crippen LogP contribution in [0.25, 0.3) is 77.6 Å². The Labute approximate surface area is 327 Å². The molecule has 0 saturated heterocycles. The molecule has 0 N–H and O–H groups in total. The fourth-order valence-corrected chi connectivity index (χ4v) is 7.75. The van der Waals surface area contributed by atoms with Crippen LogP contribution in [0.4, 0.5) is 17.1 Å². The van der Waals surface area contributed by atoms with E-state index >= 15 is 0 Å². The highest BCUT2D eigenvalue weighted by Crippen LogP contribution is 2.40. The lowest BCUT2D eigenvalue weighted by Gasteiger charge is -2.27. The molecule has 0 amide bonds. The molecule has 0 bridgehead atoms. The number of benzene rings is 9. The number of rotatable bonds is 8. The molecule has 1 heterocycles. The van der Waals surface area contributed by atoms with Crippen LogP contribution < -0.4 is 4.90 Å². The molecule has 10 aromatic rings. The van der Waals surface area contributed by atoms with Gasteiger partial charge in [-0.2, -0.15) is 0 Å². The number of furan rings is 1. The van der Waals surface area contributed by atoms with Gasteiger partial charge in [0.2, 0.25) is 0 Å². The van der Waals surface area contributed by atoms with Gasteiger partial charge in [0.1, 0.15) is 11.3 Å². The average Bonchev–Trinajstić information content (AvgIpc) is 3.73. The predicted octanol–water partition coefficient (Wildman–Crippen LogP) is 15.4. The third-order valence-corrected chi connectivity index (χ3v) is 10.7. The van der Waals surface area contributed by atoms with E-state index in [1.165, 1.54) is 49.7 Å². The lowest BCUT2D eigenvalue weighted by Crippen LogP contribution is -2.10. The SMILES string of the molecule is c1ccc(-c2ccc(-c3ccc(N(c4ccc(-c5ccc(-c6cccc(-c7cc8ccccc8o7)c6)cc5)cc4)c4cccc5ccccc45)cc3)cc2)cc1. The molecule has 56 heavy (non-hydrogen) atoms. The van der Waals surface area contributed by atoms with E-state index in [1.807, 2.05) is 18.2 Å². The first-order valence-electron chi connectivity index (χ1n) is 19.1. The lowest BCUT2D eigenvalue weighted by molar-refractivity contribution is 0.631. The van der Waals surface area contributed by atoms with Crippen LogP contribution in [0.2, 0.25) is 0 Å². The van der Waals surface area contributed by atoms with Gasteiger partial charge in [-0.1, -0.05) is 176 Å². The Morgan fingerprint density at radius 3 is 1.32 bits per heavy atom. The highest BCUT2D eigenvalue weighted by molar-refractivity contribution is 5.99.